The zero-order valence-corrected chi connectivity index (χ0v) is 19.5. The van der Waals surface area contributed by atoms with Gasteiger partial charge in [0.15, 0.2) is 21.1 Å². The number of aliphatic hydroxyl groups excluding tert-OH is 2. The van der Waals surface area contributed by atoms with Crippen molar-refractivity contribution in [3.8, 4) is 0 Å². The van der Waals surface area contributed by atoms with E-state index in [0.29, 0.717) is 40.4 Å². The third-order valence-electron chi connectivity index (χ3n) is 4.93. The maximum Gasteiger partial charge on any atom is 0.259 e. The van der Waals surface area contributed by atoms with Gasteiger partial charge in [0.25, 0.3) is 5.91 Å². The third-order valence-corrected chi connectivity index (χ3v) is 7.61. The summed E-state index contributed by atoms with van der Waals surface area (Å²) >= 11 is 1.25. The quantitative estimate of drug-likeness (QED) is 0.409. The summed E-state index contributed by atoms with van der Waals surface area (Å²) in [4.78, 5) is 17.6. The van der Waals surface area contributed by atoms with Crippen LogP contribution < -0.4 is 5.32 Å². The van der Waals surface area contributed by atoms with Crippen LogP contribution in [0.15, 0.2) is 41.3 Å². The second kappa shape index (κ2) is 10.5. The van der Waals surface area contributed by atoms with E-state index in [4.69, 9.17) is 4.74 Å². The van der Waals surface area contributed by atoms with Crippen LogP contribution in [0.25, 0.3) is 10.2 Å². The first-order valence-electron chi connectivity index (χ1n) is 10.2. The number of nitrogens with one attached hydrogen (secondary N) is 1. The molecule has 0 aliphatic carbocycles. The lowest BCUT2D eigenvalue weighted by Gasteiger charge is -2.17. The molecule has 1 aromatic heterocycles. The number of aliphatic hydroxyl groups is 2. The van der Waals surface area contributed by atoms with Crippen LogP contribution in [0.4, 0.5) is 5.13 Å². The van der Waals surface area contributed by atoms with Crippen molar-refractivity contribution >= 4 is 42.4 Å². The summed E-state index contributed by atoms with van der Waals surface area (Å²) in [6.07, 6.45) is -0.220. The van der Waals surface area contributed by atoms with Crippen LogP contribution in [0.1, 0.15) is 43.1 Å². The molecule has 3 N–H and O–H groups in total. The largest absolute Gasteiger partial charge is 0.392 e. The second-order valence-corrected chi connectivity index (χ2v) is 10.4. The first kappa shape index (κ1) is 24.3. The molecule has 1 amide bonds. The van der Waals surface area contributed by atoms with Crippen molar-refractivity contribution in [3.63, 3.8) is 0 Å². The highest BCUT2D eigenvalue weighted by Crippen LogP contribution is 2.30. The maximum atomic E-state index is 13.0. The number of benzene rings is 2. The molecule has 0 spiro atoms. The Morgan fingerprint density at radius 1 is 1.12 bits per heavy atom. The monoisotopic (exact) mass is 478 g/mol. The summed E-state index contributed by atoms with van der Waals surface area (Å²) in [6, 6.07) is 9.56. The highest BCUT2D eigenvalue weighted by molar-refractivity contribution is 7.91. The number of fused-ring (bicyclic) bond motifs is 1. The van der Waals surface area contributed by atoms with Crippen molar-refractivity contribution in [3.05, 3.63) is 53.1 Å². The first-order valence-corrected chi connectivity index (χ1v) is 12.7. The van der Waals surface area contributed by atoms with Gasteiger partial charge >= 0.3 is 0 Å². The number of hydrogen-bond acceptors (Lipinski definition) is 8. The summed E-state index contributed by atoms with van der Waals surface area (Å²) in [5.41, 5.74) is 2.33. The van der Waals surface area contributed by atoms with E-state index in [2.05, 4.69) is 10.3 Å². The van der Waals surface area contributed by atoms with Crippen LogP contribution >= 0.6 is 11.3 Å². The first-order chi connectivity index (χ1) is 15.3. The number of carbonyl (C=O) groups excluding carboxylic acids is 1. The molecule has 3 rings (SSSR count). The highest BCUT2D eigenvalue weighted by atomic mass is 32.2. The molecule has 172 valence electrons. The summed E-state index contributed by atoms with van der Waals surface area (Å²) in [7, 11) is -3.34. The van der Waals surface area contributed by atoms with Crippen LogP contribution in [0.2, 0.25) is 0 Å². The number of ether oxygens (including phenoxy) is 1. The zero-order valence-electron chi connectivity index (χ0n) is 17.9. The number of rotatable bonds is 10. The van der Waals surface area contributed by atoms with Gasteiger partial charge in [0.05, 0.1) is 34.1 Å². The van der Waals surface area contributed by atoms with Gasteiger partial charge < -0.3 is 14.9 Å². The van der Waals surface area contributed by atoms with Gasteiger partial charge in [-0.2, -0.15) is 0 Å². The molecular weight excluding hydrogens is 452 g/mol. The maximum absolute atomic E-state index is 13.0. The normalized spacial score (nSPS) is 12.8. The van der Waals surface area contributed by atoms with Crippen LogP contribution in [-0.4, -0.2) is 41.9 Å². The summed E-state index contributed by atoms with van der Waals surface area (Å²) in [5, 5.41) is 22.1. The Morgan fingerprint density at radius 3 is 2.38 bits per heavy atom. The summed E-state index contributed by atoms with van der Waals surface area (Å²) < 4.78 is 30.6. The number of amides is 1. The summed E-state index contributed by atoms with van der Waals surface area (Å²) in [6.45, 7) is 3.43. The highest BCUT2D eigenvalue weighted by Gasteiger charge is 2.24. The summed E-state index contributed by atoms with van der Waals surface area (Å²) in [5.74, 6) is -0.427. The fourth-order valence-corrected chi connectivity index (χ4v) is 4.95. The van der Waals surface area contributed by atoms with E-state index in [0.717, 1.165) is 4.70 Å². The molecule has 0 radical (unpaired) electrons. The Bertz CT molecular complexity index is 1150. The Kier molecular flexibility index (Phi) is 7.96. The van der Waals surface area contributed by atoms with Gasteiger partial charge in [-0.05, 0) is 47.4 Å². The number of hydrogen-bond donors (Lipinski definition) is 3. The molecule has 8 nitrogen and oxygen atoms in total. The van der Waals surface area contributed by atoms with Crippen molar-refractivity contribution in [1.29, 1.82) is 0 Å². The van der Waals surface area contributed by atoms with Gasteiger partial charge in [0, 0.05) is 6.61 Å². The zero-order chi connectivity index (χ0) is 23.3. The van der Waals surface area contributed by atoms with Crippen LogP contribution in [0.3, 0.4) is 0 Å². The minimum absolute atomic E-state index is 0.00378. The molecule has 0 fully saturated rings. The van der Waals surface area contributed by atoms with E-state index in [-0.39, 0.29) is 23.9 Å². The predicted octanol–water partition coefficient (Wildman–Crippen LogP) is 3.18. The Morgan fingerprint density at radius 2 is 1.78 bits per heavy atom. The average Bonchev–Trinajstić information content (AvgIpc) is 3.19. The molecule has 0 saturated carbocycles. The Hall–Kier alpha value is -2.37. The molecule has 1 atom stereocenters. The van der Waals surface area contributed by atoms with Crippen molar-refractivity contribution in [2.45, 2.75) is 44.5 Å². The minimum Gasteiger partial charge on any atom is -0.392 e. The van der Waals surface area contributed by atoms with Gasteiger partial charge in [-0.1, -0.05) is 37.3 Å². The third kappa shape index (κ3) is 5.33. The number of carbonyl (C=O) groups is 1. The Balaban J connectivity index is 1.86. The molecule has 0 bridgehead atoms. The second-order valence-electron chi connectivity index (χ2n) is 7.14. The fraction of sp³-hybridized carbons (Fsp3) is 0.364. The smallest absolute Gasteiger partial charge is 0.259 e. The molecule has 0 aliphatic rings. The van der Waals surface area contributed by atoms with E-state index < -0.39 is 21.8 Å². The molecule has 1 unspecified atom stereocenters. The van der Waals surface area contributed by atoms with Gasteiger partial charge in [-0.25, -0.2) is 13.4 Å². The van der Waals surface area contributed by atoms with Gasteiger partial charge in [0.1, 0.15) is 0 Å². The van der Waals surface area contributed by atoms with E-state index in [9.17, 15) is 23.4 Å². The molecule has 10 heteroatoms. The fourth-order valence-electron chi connectivity index (χ4n) is 3.15. The van der Waals surface area contributed by atoms with Gasteiger partial charge in [0.2, 0.25) is 0 Å². The van der Waals surface area contributed by atoms with Crippen molar-refractivity contribution in [2.24, 2.45) is 0 Å². The van der Waals surface area contributed by atoms with Crippen LogP contribution in [0.5, 0.6) is 0 Å². The average molecular weight is 479 g/mol. The van der Waals surface area contributed by atoms with E-state index in [1.165, 1.54) is 23.5 Å². The van der Waals surface area contributed by atoms with Gasteiger partial charge in [-0.15, -0.1) is 0 Å². The van der Waals surface area contributed by atoms with E-state index in [1.807, 2.05) is 6.92 Å². The topological polar surface area (TPSA) is 126 Å². The number of nitrogens with zero attached hydrogens (tertiary/aromatic N) is 1. The van der Waals surface area contributed by atoms with Crippen molar-refractivity contribution < 1.29 is 28.2 Å². The molecule has 3 aromatic rings. The van der Waals surface area contributed by atoms with E-state index in [1.54, 1.807) is 31.2 Å². The molecule has 1 heterocycles. The lowest BCUT2D eigenvalue weighted by atomic mass is 10.1. The minimum atomic E-state index is -3.34. The van der Waals surface area contributed by atoms with E-state index >= 15 is 0 Å². The number of aromatic nitrogens is 1. The lowest BCUT2D eigenvalue weighted by molar-refractivity contribution is -0.127. The van der Waals surface area contributed by atoms with Crippen molar-refractivity contribution in [2.75, 3.05) is 17.7 Å². The number of thiazole rings is 1. The molecule has 2 aromatic carbocycles. The SMILES string of the molecule is CCCOC(C(=O)Nc1nc2cc(CO)c(CO)cc2s1)c1ccc(S(=O)(=O)CC)cc1. The number of anilines is 1. The van der Waals surface area contributed by atoms with Gasteiger partial charge in [-0.3, -0.25) is 10.1 Å². The van der Waals surface area contributed by atoms with Crippen LogP contribution in [0, 0.1) is 0 Å². The lowest BCUT2D eigenvalue weighted by Crippen LogP contribution is -2.24. The molecule has 0 aliphatic heterocycles. The predicted molar refractivity (Wildman–Crippen MR) is 123 cm³/mol. The molecular formula is C22H26N2O6S2. The number of sulfone groups is 1. The standard InChI is InChI=1S/C22H26N2O6S2/c1-3-9-30-20(14-5-7-17(8-6-14)32(28,29)4-2)21(27)24-22-23-18-10-15(12-25)16(13-26)11-19(18)31-22/h5-8,10-11,20,25-26H,3-4,9,12-13H2,1-2H3,(H,23,24,27). The van der Waals surface area contributed by atoms with Crippen molar-refractivity contribution in [1.82, 2.24) is 4.98 Å². The molecule has 32 heavy (non-hydrogen) atoms. The Labute approximate surface area is 190 Å². The molecule has 0 saturated heterocycles. The van der Waals surface area contributed by atoms with Crippen LogP contribution in [-0.2, 0) is 32.6 Å².